The molecule has 0 unspecified atom stereocenters. The van der Waals surface area contributed by atoms with Gasteiger partial charge in [-0.25, -0.2) is 4.68 Å². The van der Waals surface area contributed by atoms with Gasteiger partial charge >= 0.3 is 0 Å². The lowest BCUT2D eigenvalue weighted by Crippen LogP contribution is -2.13. The maximum absolute atomic E-state index is 11.6. The Hall–Kier alpha value is -3.39. The Balaban J connectivity index is 2.09. The van der Waals surface area contributed by atoms with Gasteiger partial charge in [0.2, 0.25) is 4.80 Å². The minimum absolute atomic E-state index is 0.0565. The number of thiazole rings is 1. The molecule has 1 heterocycles. The Morgan fingerprint density at radius 1 is 1.32 bits per heavy atom. The van der Waals surface area contributed by atoms with E-state index >= 15 is 0 Å². The highest BCUT2D eigenvalue weighted by Gasteiger charge is 2.13. The van der Waals surface area contributed by atoms with E-state index < -0.39 is 5.91 Å². The van der Waals surface area contributed by atoms with Crippen LogP contribution >= 0.6 is 11.3 Å². The third-order valence-corrected chi connectivity index (χ3v) is 4.81. The first kappa shape index (κ1) is 19.4. The van der Waals surface area contributed by atoms with Gasteiger partial charge < -0.3 is 15.6 Å². The summed E-state index contributed by atoms with van der Waals surface area (Å²) >= 11 is 1.44. The van der Waals surface area contributed by atoms with Crippen molar-refractivity contribution >= 4 is 23.5 Å². The van der Waals surface area contributed by atoms with Crippen LogP contribution in [0.1, 0.15) is 22.8 Å². The van der Waals surface area contributed by atoms with E-state index in [-0.39, 0.29) is 11.3 Å². The number of carbonyl (C=O) groups excluding carboxylic acids is 1. The number of hydrogen-bond acceptors (Lipinski definition) is 6. The minimum atomic E-state index is -0.695. The molecule has 0 fully saturated rings. The Morgan fingerprint density at radius 3 is 2.86 bits per heavy atom. The number of phenols is 1. The summed E-state index contributed by atoms with van der Waals surface area (Å²) < 4.78 is 6.94. The molecular formula is C20H20N4O3S. The fraction of sp³-hybridized carbons (Fsp3) is 0.150. The van der Waals surface area contributed by atoms with Gasteiger partial charge in [0.1, 0.15) is 11.5 Å². The molecule has 144 valence electrons. The standard InChI is InChI=1S/C20H20N4O3S/c1-3-22-20-24(23-11-13-5-4-6-15(9-13)27-2)17(12-28-20)14-7-8-18(25)16(10-14)19(21)26/h4-12,25H,3H2,1-2H3,(H2,21,26). The number of methoxy groups -OCH3 is 1. The van der Waals surface area contributed by atoms with Gasteiger partial charge in [-0.05, 0) is 42.8 Å². The average Bonchev–Trinajstić information content (AvgIpc) is 3.09. The number of nitrogens with zero attached hydrogens (tertiary/aromatic N) is 3. The SMILES string of the molecule is CCN=c1scc(-c2ccc(O)c(C(N)=O)c2)n1N=Cc1cccc(OC)c1. The highest BCUT2D eigenvalue weighted by atomic mass is 32.1. The van der Waals surface area contributed by atoms with E-state index in [2.05, 4.69) is 10.1 Å². The molecule has 0 aliphatic rings. The molecule has 0 bridgehead atoms. The second kappa shape index (κ2) is 8.53. The van der Waals surface area contributed by atoms with Gasteiger partial charge in [-0.1, -0.05) is 12.1 Å². The van der Waals surface area contributed by atoms with Crippen molar-refractivity contribution in [2.45, 2.75) is 6.92 Å². The molecule has 1 amide bonds. The first-order valence-electron chi connectivity index (χ1n) is 8.56. The van der Waals surface area contributed by atoms with Crippen LogP contribution in [0.3, 0.4) is 0 Å². The maximum atomic E-state index is 11.6. The zero-order valence-corrected chi connectivity index (χ0v) is 16.3. The first-order chi connectivity index (χ1) is 13.5. The van der Waals surface area contributed by atoms with Crippen molar-refractivity contribution in [2.75, 3.05) is 13.7 Å². The van der Waals surface area contributed by atoms with Crippen molar-refractivity contribution in [3.05, 3.63) is 63.8 Å². The molecule has 0 spiro atoms. The Morgan fingerprint density at radius 2 is 2.14 bits per heavy atom. The molecule has 8 heteroatoms. The van der Waals surface area contributed by atoms with Gasteiger partial charge in [-0.15, -0.1) is 11.3 Å². The van der Waals surface area contributed by atoms with Gasteiger partial charge in [0.05, 0.1) is 24.6 Å². The van der Waals surface area contributed by atoms with Gasteiger partial charge in [-0.3, -0.25) is 9.79 Å². The number of hydrogen-bond donors (Lipinski definition) is 2. The summed E-state index contributed by atoms with van der Waals surface area (Å²) in [6.07, 6.45) is 1.71. The smallest absolute Gasteiger partial charge is 0.252 e. The van der Waals surface area contributed by atoms with Crippen LogP contribution in [0.15, 0.2) is 57.9 Å². The fourth-order valence-corrected chi connectivity index (χ4v) is 3.49. The topological polar surface area (TPSA) is 102 Å². The number of carbonyl (C=O) groups is 1. The quantitative estimate of drug-likeness (QED) is 0.626. The van der Waals surface area contributed by atoms with Gasteiger partial charge in [0, 0.05) is 17.5 Å². The third-order valence-electron chi connectivity index (χ3n) is 3.95. The lowest BCUT2D eigenvalue weighted by molar-refractivity contribution is 0.0998. The highest BCUT2D eigenvalue weighted by Crippen LogP contribution is 2.26. The Kier molecular flexibility index (Phi) is 5.90. The maximum Gasteiger partial charge on any atom is 0.252 e. The van der Waals surface area contributed by atoms with E-state index in [1.54, 1.807) is 30.1 Å². The van der Waals surface area contributed by atoms with E-state index in [0.717, 1.165) is 17.0 Å². The number of benzene rings is 2. The number of nitrogens with two attached hydrogens (primary N) is 1. The van der Waals surface area contributed by atoms with Gasteiger partial charge in [0.25, 0.3) is 5.91 Å². The molecule has 0 saturated heterocycles. The molecule has 7 nitrogen and oxygen atoms in total. The molecule has 3 rings (SSSR count). The molecule has 0 aliphatic heterocycles. The monoisotopic (exact) mass is 396 g/mol. The summed E-state index contributed by atoms with van der Waals surface area (Å²) in [6.45, 7) is 2.55. The van der Waals surface area contributed by atoms with Crippen LogP contribution in [0.25, 0.3) is 11.3 Å². The van der Waals surface area contributed by atoms with Crippen molar-refractivity contribution in [1.29, 1.82) is 0 Å². The summed E-state index contributed by atoms with van der Waals surface area (Å²) in [5, 5.41) is 16.3. The molecule has 0 atom stereocenters. The average molecular weight is 396 g/mol. The molecule has 0 radical (unpaired) electrons. The van der Waals surface area contributed by atoms with Crippen molar-refractivity contribution in [3.8, 4) is 22.8 Å². The molecule has 1 aromatic heterocycles. The van der Waals surface area contributed by atoms with Crippen molar-refractivity contribution in [2.24, 2.45) is 15.8 Å². The zero-order valence-electron chi connectivity index (χ0n) is 15.5. The van der Waals surface area contributed by atoms with Gasteiger partial charge in [0.15, 0.2) is 0 Å². The highest BCUT2D eigenvalue weighted by molar-refractivity contribution is 7.07. The van der Waals surface area contributed by atoms with Crippen LogP contribution in [0.4, 0.5) is 0 Å². The summed E-state index contributed by atoms with van der Waals surface area (Å²) in [6, 6.07) is 12.2. The molecule has 0 saturated carbocycles. The minimum Gasteiger partial charge on any atom is -0.507 e. The van der Waals surface area contributed by atoms with Crippen LogP contribution in [0.2, 0.25) is 0 Å². The summed E-state index contributed by atoms with van der Waals surface area (Å²) in [5.74, 6) is -0.113. The second-order valence-corrected chi connectivity index (χ2v) is 6.64. The zero-order chi connectivity index (χ0) is 20.1. The van der Waals surface area contributed by atoms with Crippen molar-refractivity contribution < 1.29 is 14.6 Å². The van der Waals surface area contributed by atoms with E-state index in [4.69, 9.17) is 10.5 Å². The molecular weight excluding hydrogens is 376 g/mol. The van der Waals surface area contributed by atoms with Crippen molar-refractivity contribution in [3.63, 3.8) is 0 Å². The summed E-state index contributed by atoms with van der Waals surface area (Å²) in [7, 11) is 1.61. The molecule has 3 N–H and O–H groups in total. The van der Waals surface area contributed by atoms with Crippen LogP contribution in [0.5, 0.6) is 11.5 Å². The summed E-state index contributed by atoms with van der Waals surface area (Å²) in [5.41, 5.74) is 7.71. The molecule has 3 aromatic rings. The number of primary amides is 1. The Labute approximate surface area is 166 Å². The number of ether oxygens (including phenoxy) is 1. The van der Waals surface area contributed by atoms with E-state index in [9.17, 15) is 9.90 Å². The van der Waals surface area contributed by atoms with Crippen LogP contribution < -0.4 is 15.3 Å². The molecule has 0 aliphatic carbocycles. The van der Waals surface area contributed by atoms with E-state index in [1.807, 2.05) is 36.6 Å². The summed E-state index contributed by atoms with van der Waals surface area (Å²) in [4.78, 5) is 16.8. The predicted molar refractivity (Wildman–Crippen MR) is 110 cm³/mol. The van der Waals surface area contributed by atoms with Crippen LogP contribution in [-0.2, 0) is 0 Å². The number of aromatic hydroxyl groups is 1. The molecule has 2 aromatic carbocycles. The predicted octanol–water partition coefficient (Wildman–Crippen LogP) is 2.83. The Bertz CT molecular complexity index is 1100. The molecule has 28 heavy (non-hydrogen) atoms. The fourth-order valence-electron chi connectivity index (χ4n) is 2.59. The number of rotatable bonds is 6. The van der Waals surface area contributed by atoms with Gasteiger partial charge in [-0.2, -0.15) is 5.10 Å². The number of amides is 1. The van der Waals surface area contributed by atoms with Crippen molar-refractivity contribution in [1.82, 2.24) is 4.68 Å². The second-order valence-electron chi connectivity index (χ2n) is 5.81. The number of aromatic nitrogens is 1. The first-order valence-corrected chi connectivity index (χ1v) is 9.44. The lowest BCUT2D eigenvalue weighted by Gasteiger charge is -2.07. The van der Waals surface area contributed by atoms with Crippen LogP contribution in [0, 0.1) is 0 Å². The normalized spacial score (nSPS) is 11.9. The largest absolute Gasteiger partial charge is 0.507 e. The van der Waals surface area contributed by atoms with E-state index in [1.165, 1.54) is 17.4 Å². The van der Waals surface area contributed by atoms with Crippen LogP contribution in [-0.4, -0.2) is 35.6 Å². The van der Waals surface area contributed by atoms with E-state index in [0.29, 0.717) is 16.9 Å². The lowest BCUT2D eigenvalue weighted by atomic mass is 10.1. The third kappa shape index (κ3) is 4.12.